The molecule has 20 heavy (non-hydrogen) atoms. The predicted octanol–water partition coefficient (Wildman–Crippen LogP) is 3.41. The van der Waals surface area contributed by atoms with Crippen LogP contribution in [0.15, 0.2) is 34.9 Å². The highest BCUT2D eigenvalue weighted by Crippen LogP contribution is 2.28. The Hall–Kier alpha value is -1.46. The Bertz CT molecular complexity index is 589. The van der Waals surface area contributed by atoms with E-state index in [9.17, 15) is 0 Å². The van der Waals surface area contributed by atoms with Crippen LogP contribution in [0.25, 0.3) is 0 Å². The molecule has 0 radical (unpaired) electrons. The summed E-state index contributed by atoms with van der Waals surface area (Å²) in [4.78, 5) is 8.48. The number of hydrogen-bond acceptors (Lipinski definition) is 4. The third-order valence-electron chi connectivity index (χ3n) is 3.10. The van der Waals surface area contributed by atoms with Crippen molar-refractivity contribution in [2.75, 3.05) is 7.11 Å². The molecule has 1 aromatic carbocycles. The van der Waals surface area contributed by atoms with Gasteiger partial charge in [-0.05, 0) is 53.5 Å². The Morgan fingerprint density at radius 2 is 2.15 bits per heavy atom. The van der Waals surface area contributed by atoms with E-state index < -0.39 is 0 Å². The average molecular weight is 336 g/mol. The molecule has 2 rings (SSSR count). The van der Waals surface area contributed by atoms with Crippen molar-refractivity contribution in [1.29, 1.82) is 0 Å². The molecule has 2 aromatic rings. The maximum atomic E-state index is 5.24. The number of hydrogen-bond donors (Lipinski definition) is 1. The van der Waals surface area contributed by atoms with Crippen molar-refractivity contribution in [3.8, 4) is 5.75 Å². The topological polar surface area (TPSA) is 47.0 Å². The lowest BCUT2D eigenvalue weighted by atomic mass is 10.1. The first-order valence-electron chi connectivity index (χ1n) is 6.45. The molecule has 0 aliphatic rings. The summed E-state index contributed by atoms with van der Waals surface area (Å²) < 4.78 is 6.20. The molecule has 0 saturated heterocycles. The van der Waals surface area contributed by atoms with Crippen LogP contribution < -0.4 is 10.1 Å². The minimum Gasteiger partial charge on any atom is -0.496 e. The number of rotatable bonds is 5. The van der Waals surface area contributed by atoms with Gasteiger partial charge in [-0.3, -0.25) is 0 Å². The fraction of sp³-hybridized carbons (Fsp3) is 0.333. The van der Waals surface area contributed by atoms with Crippen LogP contribution in [0.5, 0.6) is 5.75 Å². The Balaban J connectivity index is 2.01. The van der Waals surface area contributed by atoms with Crippen LogP contribution in [0.4, 0.5) is 0 Å². The molecule has 1 atom stereocenters. The lowest BCUT2D eigenvalue weighted by molar-refractivity contribution is 0.411. The second-order valence-corrected chi connectivity index (χ2v) is 5.45. The van der Waals surface area contributed by atoms with Gasteiger partial charge in [-0.15, -0.1) is 0 Å². The molecule has 0 aliphatic heterocycles. The molecule has 0 amide bonds. The van der Waals surface area contributed by atoms with E-state index in [-0.39, 0.29) is 6.04 Å². The average Bonchev–Trinajstić information content (AvgIpc) is 2.44. The molecule has 0 spiro atoms. The molecular weight excluding hydrogens is 318 g/mol. The number of aryl methyl sites for hydroxylation is 1. The number of benzene rings is 1. The Labute approximate surface area is 127 Å². The van der Waals surface area contributed by atoms with Crippen molar-refractivity contribution in [2.24, 2.45) is 0 Å². The van der Waals surface area contributed by atoms with E-state index in [1.807, 2.05) is 19.1 Å². The van der Waals surface area contributed by atoms with Gasteiger partial charge < -0.3 is 10.1 Å². The molecule has 1 heterocycles. The van der Waals surface area contributed by atoms with Crippen LogP contribution in [0.1, 0.15) is 30.0 Å². The van der Waals surface area contributed by atoms with E-state index >= 15 is 0 Å². The fourth-order valence-electron chi connectivity index (χ4n) is 1.93. The van der Waals surface area contributed by atoms with Gasteiger partial charge in [-0.25, -0.2) is 9.97 Å². The smallest absolute Gasteiger partial charge is 0.133 e. The Morgan fingerprint density at radius 3 is 2.80 bits per heavy atom. The zero-order valence-electron chi connectivity index (χ0n) is 11.9. The molecule has 0 saturated carbocycles. The highest BCUT2D eigenvalue weighted by molar-refractivity contribution is 9.10. The predicted molar refractivity (Wildman–Crippen MR) is 82.7 cm³/mol. The molecule has 106 valence electrons. The molecule has 1 N–H and O–H groups in total. The summed E-state index contributed by atoms with van der Waals surface area (Å²) in [6.45, 7) is 4.74. The lowest BCUT2D eigenvalue weighted by Crippen LogP contribution is -2.19. The summed E-state index contributed by atoms with van der Waals surface area (Å²) in [5, 5.41) is 3.46. The van der Waals surface area contributed by atoms with E-state index in [1.165, 1.54) is 5.56 Å². The third kappa shape index (κ3) is 3.77. The van der Waals surface area contributed by atoms with Gasteiger partial charge in [0.2, 0.25) is 0 Å². The number of nitrogens with zero attached hydrogens (tertiary/aromatic N) is 2. The first-order valence-corrected chi connectivity index (χ1v) is 7.25. The highest BCUT2D eigenvalue weighted by atomic mass is 79.9. The van der Waals surface area contributed by atoms with Gasteiger partial charge in [0.05, 0.1) is 17.3 Å². The SMILES string of the molecule is COc1ccc(C(C)NCc2ccnc(C)n2)cc1Br. The Kier molecular flexibility index (Phi) is 5.09. The van der Waals surface area contributed by atoms with Crippen molar-refractivity contribution in [1.82, 2.24) is 15.3 Å². The monoisotopic (exact) mass is 335 g/mol. The van der Waals surface area contributed by atoms with E-state index in [1.54, 1.807) is 13.3 Å². The van der Waals surface area contributed by atoms with Gasteiger partial charge in [0.1, 0.15) is 11.6 Å². The molecule has 0 bridgehead atoms. The summed E-state index contributed by atoms with van der Waals surface area (Å²) in [7, 11) is 1.67. The summed E-state index contributed by atoms with van der Waals surface area (Å²) in [6, 6.07) is 8.25. The Morgan fingerprint density at radius 1 is 1.35 bits per heavy atom. The van der Waals surface area contributed by atoms with Gasteiger partial charge in [-0.1, -0.05) is 6.07 Å². The maximum Gasteiger partial charge on any atom is 0.133 e. The van der Waals surface area contributed by atoms with E-state index in [4.69, 9.17) is 4.74 Å². The maximum absolute atomic E-state index is 5.24. The zero-order chi connectivity index (χ0) is 14.5. The number of ether oxygens (including phenoxy) is 1. The summed E-state index contributed by atoms with van der Waals surface area (Å²) >= 11 is 3.51. The number of halogens is 1. The number of methoxy groups -OCH3 is 1. The molecule has 5 heteroatoms. The van der Waals surface area contributed by atoms with Crippen LogP contribution in [-0.2, 0) is 6.54 Å². The molecule has 1 unspecified atom stereocenters. The second-order valence-electron chi connectivity index (χ2n) is 4.59. The van der Waals surface area contributed by atoms with Crippen LogP contribution in [0, 0.1) is 6.92 Å². The molecule has 4 nitrogen and oxygen atoms in total. The molecule has 0 fully saturated rings. The molecule has 0 aliphatic carbocycles. The van der Waals surface area contributed by atoms with Gasteiger partial charge in [-0.2, -0.15) is 0 Å². The van der Waals surface area contributed by atoms with Crippen LogP contribution in [0.3, 0.4) is 0 Å². The third-order valence-corrected chi connectivity index (χ3v) is 3.72. The number of nitrogens with one attached hydrogen (secondary N) is 1. The van der Waals surface area contributed by atoms with Crippen LogP contribution in [-0.4, -0.2) is 17.1 Å². The first kappa shape index (κ1) is 14.9. The quantitative estimate of drug-likeness (QED) is 0.909. The van der Waals surface area contributed by atoms with E-state index in [2.05, 4.69) is 50.3 Å². The van der Waals surface area contributed by atoms with Gasteiger partial charge in [0.15, 0.2) is 0 Å². The van der Waals surface area contributed by atoms with E-state index in [0.717, 1.165) is 21.7 Å². The van der Waals surface area contributed by atoms with Gasteiger partial charge in [0.25, 0.3) is 0 Å². The van der Waals surface area contributed by atoms with Crippen LogP contribution in [0.2, 0.25) is 0 Å². The van der Waals surface area contributed by atoms with Gasteiger partial charge >= 0.3 is 0 Å². The second kappa shape index (κ2) is 6.81. The van der Waals surface area contributed by atoms with Crippen molar-refractivity contribution in [2.45, 2.75) is 26.4 Å². The summed E-state index contributed by atoms with van der Waals surface area (Å²) in [5.74, 6) is 1.64. The normalized spacial score (nSPS) is 12.2. The molecular formula is C15H18BrN3O. The van der Waals surface area contributed by atoms with E-state index in [0.29, 0.717) is 6.54 Å². The fourth-order valence-corrected chi connectivity index (χ4v) is 2.49. The lowest BCUT2D eigenvalue weighted by Gasteiger charge is -2.15. The number of aromatic nitrogens is 2. The zero-order valence-corrected chi connectivity index (χ0v) is 13.4. The minimum atomic E-state index is 0.229. The largest absolute Gasteiger partial charge is 0.496 e. The van der Waals surface area contributed by atoms with Crippen molar-refractivity contribution in [3.05, 3.63) is 52.0 Å². The van der Waals surface area contributed by atoms with Gasteiger partial charge in [0, 0.05) is 18.8 Å². The summed E-state index contributed by atoms with van der Waals surface area (Å²) in [6.07, 6.45) is 1.79. The minimum absolute atomic E-state index is 0.229. The standard InChI is InChI=1S/C15H18BrN3O/c1-10(12-4-5-15(20-3)14(16)8-12)18-9-13-6-7-17-11(2)19-13/h4-8,10,18H,9H2,1-3H3. The molecule has 1 aromatic heterocycles. The van der Waals surface area contributed by atoms with Crippen molar-refractivity contribution in [3.63, 3.8) is 0 Å². The van der Waals surface area contributed by atoms with Crippen molar-refractivity contribution < 1.29 is 4.74 Å². The highest BCUT2D eigenvalue weighted by Gasteiger charge is 2.08. The summed E-state index contributed by atoms with van der Waals surface area (Å²) in [5.41, 5.74) is 2.19. The first-order chi connectivity index (χ1) is 9.60. The van der Waals surface area contributed by atoms with Crippen molar-refractivity contribution >= 4 is 15.9 Å². The van der Waals surface area contributed by atoms with Crippen LogP contribution >= 0.6 is 15.9 Å².